The molecule has 0 bridgehead atoms. The number of aromatic amines is 1. The number of halogens is 2. The molecular weight excluding hydrogens is 379 g/mol. The Morgan fingerprint density at radius 2 is 1.71 bits per heavy atom. The molecule has 0 amide bonds. The summed E-state index contributed by atoms with van der Waals surface area (Å²) in [6, 6.07) is 17.8. The van der Waals surface area contributed by atoms with Crippen molar-refractivity contribution < 1.29 is 9.50 Å². The SMILES string of the molecule is N#Cc1cc2c(O)c(-c3cccc(-c4ccc(F)cc4)c3)c(=O)[nH]c2cc1Cl. The predicted molar refractivity (Wildman–Crippen MR) is 107 cm³/mol. The highest BCUT2D eigenvalue weighted by Crippen LogP contribution is 2.35. The van der Waals surface area contributed by atoms with E-state index in [4.69, 9.17) is 11.6 Å². The van der Waals surface area contributed by atoms with Crippen molar-refractivity contribution in [1.82, 2.24) is 4.98 Å². The fourth-order valence-electron chi connectivity index (χ4n) is 3.15. The molecule has 0 aliphatic heterocycles. The molecule has 4 nitrogen and oxygen atoms in total. The zero-order valence-corrected chi connectivity index (χ0v) is 15.1. The number of benzene rings is 3. The van der Waals surface area contributed by atoms with Crippen molar-refractivity contribution in [3.63, 3.8) is 0 Å². The molecule has 0 radical (unpaired) electrons. The fourth-order valence-corrected chi connectivity index (χ4v) is 3.36. The zero-order chi connectivity index (χ0) is 19.8. The summed E-state index contributed by atoms with van der Waals surface area (Å²) in [5.74, 6) is -0.571. The van der Waals surface area contributed by atoms with Crippen LogP contribution in [0.3, 0.4) is 0 Å². The Kier molecular flexibility index (Phi) is 4.34. The highest BCUT2D eigenvalue weighted by Gasteiger charge is 2.16. The summed E-state index contributed by atoms with van der Waals surface area (Å²) in [5, 5.41) is 20.5. The molecular formula is C22H12ClFN2O2. The van der Waals surface area contributed by atoms with Crippen LogP contribution in [0.5, 0.6) is 5.75 Å². The molecule has 0 aliphatic carbocycles. The molecule has 1 heterocycles. The van der Waals surface area contributed by atoms with Crippen LogP contribution in [-0.4, -0.2) is 10.1 Å². The molecule has 4 rings (SSSR count). The highest BCUT2D eigenvalue weighted by molar-refractivity contribution is 6.32. The number of nitriles is 1. The summed E-state index contributed by atoms with van der Waals surface area (Å²) >= 11 is 6.01. The first-order valence-corrected chi connectivity index (χ1v) is 8.70. The number of nitrogens with one attached hydrogen (secondary N) is 1. The van der Waals surface area contributed by atoms with Crippen molar-refractivity contribution in [1.29, 1.82) is 5.26 Å². The maximum atomic E-state index is 13.2. The van der Waals surface area contributed by atoms with Gasteiger partial charge >= 0.3 is 0 Å². The van der Waals surface area contributed by atoms with Crippen molar-refractivity contribution in [2.45, 2.75) is 0 Å². The fraction of sp³-hybridized carbons (Fsp3) is 0. The number of aromatic nitrogens is 1. The molecule has 0 spiro atoms. The van der Waals surface area contributed by atoms with E-state index in [0.29, 0.717) is 16.5 Å². The zero-order valence-electron chi connectivity index (χ0n) is 14.3. The third-order valence-corrected chi connectivity index (χ3v) is 4.84. The lowest BCUT2D eigenvalue weighted by Crippen LogP contribution is -2.09. The molecule has 6 heteroatoms. The molecule has 28 heavy (non-hydrogen) atoms. The number of nitrogens with zero attached hydrogens (tertiary/aromatic N) is 1. The van der Waals surface area contributed by atoms with E-state index in [1.165, 1.54) is 24.3 Å². The van der Waals surface area contributed by atoms with Gasteiger partial charge in [-0.15, -0.1) is 0 Å². The number of hydrogen-bond donors (Lipinski definition) is 2. The minimum absolute atomic E-state index is 0.0858. The second-order valence-electron chi connectivity index (χ2n) is 6.25. The van der Waals surface area contributed by atoms with E-state index >= 15 is 0 Å². The maximum Gasteiger partial charge on any atom is 0.260 e. The summed E-state index contributed by atoms with van der Waals surface area (Å²) in [5.41, 5.74) is 2.18. The van der Waals surface area contributed by atoms with E-state index in [1.807, 2.05) is 12.1 Å². The van der Waals surface area contributed by atoms with Gasteiger partial charge in [-0.2, -0.15) is 5.26 Å². The van der Waals surface area contributed by atoms with Gasteiger partial charge in [0.05, 0.1) is 21.7 Å². The first kappa shape index (κ1) is 17.8. The largest absolute Gasteiger partial charge is 0.506 e. The normalized spacial score (nSPS) is 10.8. The number of hydrogen-bond acceptors (Lipinski definition) is 3. The topological polar surface area (TPSA) is 76.9 Å². The van der Waals surface area contributed by atoms with Gasteiger partial charge in [0, 0.05) is 5.39 Å². The van der Waals surface area contributed by atoms with Gasteiger partial charge in [0.1, 0.15) is 17.6 Å². The molecule has 0 atom stereocenters. The van der Waals surface area contributed by atoms with Crippen LogP contribution in [0.25, 0.3) is 33.2 Å². The Bertz CT molecular complexity index is 1320. The molecule has 0 unspecified atom stereocenters. The number of rotatable bonds is 2. The second-order valence-corrected chi connectivity index (χ2v) is 6.66. The predicted octanol–water partition coefficient (Wildman–Crippen LogP) is 5.23. The Morgan fingerprint density at radius 1 is 1.00 bits per heavy atom. The molecule has 136 valence electrons. The number of aromatic hydroxyl groups is 1. The molecule has 4 aromatic rings. The Labute approximate surface area is 164 Å². The van der Waals surface area contributed by atoms with Crippen molar-refractivity contribution in [2.75, 3.05) is 0 Å². The first-order valence-electron chi connectivity index (χ1n) is 8.33. The van der Waals surface area contributed by atoms with E-state index in [0.717, 1.165) is 11.1 Å². The van der Waals surface area contributed by atoms with E-state index in [9.17, 15) is 19.6 Å². The number of fused-ring (bicyclic) bond motifs is 1. The minimum Gasteiger partial charge on any atom is -0.506 e. The van der Waals surface area contributed by atoms with Crippen LogP contribution in [0.4, 0.5) is 4.39 Å². The monoisotopic (exact) mass is 390 g/mol. The van der Waals surface area contributed by atoms with Crippen molar-refractivity contribution in [2.24, 2.45) is 0 Å². The molecule has 0 fully saturated rings. The summed E-state index contributed by atoms with van der Waals surface area (Å²) in [6.45, 7) is 0. The lowest BCUT2D eigenvalue weighted by Gasteiger charge is -2.10. The van der Waals surface area contributed by atoms with Crippen LogP contribution in [0.1, 0.15) is 5.56 Å². The number of H-pyrrole nitrogens is 1. The van der Waals surface area contributed by atoms with Gasteiger partial charge in [-0.05, 0) is 47.0 Å². The van der Waals surface area contributed by atoms with Gasteiger partial charge in [0.2, 0.25) is 0 Å². The molecule has 0 saturated carbocycles. The van der Waals surface area contributed by atoms with E-state index < -0.39 is 5.56 Å². The average molecular weight is 391 g/mol. The van der Waals surface area contributed by atoms with E-state index in [-0.39, 0.29) is 27.7 Å². The first-order chi connectivity index (χ1) is 13.5. The quantitative estimate of drug-likeness (QED) is 0.492. The Hall–Kier alpha value is -3.62. The summed E-state index contributed by atoms with van der Waals surface area (Å²) < 4.78 is 13.2. The maximum absolute atomic E-state index is 13.2. The summed E-state index contributed by atoms with van der Waals surface area (Å²) in [7, 11) is 0. The summed E-state index contributed by atoms with van der Waals surface area (Å²) in [4.78, 5) is 15.3. The van der Waals surface area contributed by atoms with Crippen molar-refractivity contribution in [3.8, 4) is 34.1 Å². The van der Waals surface area contributed by atoms with Gasteiger partial charge in [0.25, 0.3) is 5.56 Å². The molecule has 0 aliphatic rings. The van der Waals surface area contributed by atoms with Crippen LogP contribution < -0.4 is 5.56 Å². The van der Waals surface area contributed by atoms with Gasteiger partial charge in [0.15, 0.2) is 0 Å². The Morgan fingerprint density at radius 3 is 2.43 bits per heavy atom. The minimum atomic E-state index is -0.484. The van der Waals surface area contributed by atoms with Gasteiger partial charge < -0.3 is 10.1 Å². The van der Waals surface area contributed by atoms with Gasteiger partial charge in [-0.3, -0.25) is 4.79 Å². The van der Waals surface area contributed by atoms with Gasteiger partial charge in [-0.25, -0.2) is 4.39 Å². The molecule has 3 aromatic carbocycles. The van der Waals surface area contributed by atoms with E-state index in [2.05, 4.69) is 4.98 Å². The molecule has 1 aromatic heterocycles. The summed E-state index contributed by atoms with van der Waals surface area (Å²) in [6.07, 6.45) is 0. The lowest BCUT2D eigenvalue weighted by molar-refractivity contribution is 0.482. The van der Waals surface area contributed by atoms with Crippen LogP contribution >= 0.6 is 11.6 Å². The standard InChI is InChI=1S/C22H12ClFN2O2/c23-18-10-19-17(9-15(18)11-25)21(27)20(22(28)26-19)14-3-1-2-13(8-14)12-4-6-16(24)7-5-12/h1-10H,(H2,26,27,28). The molecule has 0 saturated heterocycles. The van der Waals surface area contributed by atoms with Gasteiger partial charge in [-0.1, -0.05) is 41.9 Å². The third kappa shape index (κ3) is 3.00. The van der Waals surface area contributed by atoms with Crippen LogP contribution in [0, 0.1) is 17.1 Å². The van der Waals surface area contributed by atoms with Crippen LogP contribution in [0.15, 0.2) is 65.5 Å². The Balaban J connectivity index is 1.93. The average Bonchev–Trinajstić information content (AvgIpc) is 2.68. The highest BCUT2D eigenvalue weighted by atomic mass is 35.5. The third-order valence-electron chi connectivity index (χ3n) is 4.52. The van der Waals surface area contributed by atoms with Crippen LogP contribution in [-0.2, 0) is 0 Å². The van der Waals surface area contributed by atoms with Crippen molar-refractivity contribution in [3.05, 3.63) is 87.4 Å². The smallest absolute Gasteiger partial charge is 0.260 e. The van der Waals surface area contributed by atoms with Crippen molar-refractivity contribution >= 4 is 22.5 Å². The van der Waals surface area contributed by atoms with E-state index in [1.54, 1.807) is 30.3 Å². The van der Waals surface area contributed by atoms with Crippen LogP contribution in [0.2, 0.25) is 5.02 Å². The number of pyridine rings is 1. The molecule has 2 N–H and O–H groups in total. The second kappa shape index (κ2) is 6.84. The lowest BCUT2D eigenvalue weighted by atomic mass is 9.98.